The first-order chi connectivity index (χ1) is 15.2. The van der Waals surface area contributed by atoms with Crippen molar-refractivity contribution in [2.24, 2.45) is 5.92 Å². The molecule has 1 aromatic heterocycles. The van der Waals surface area contributed by atoms with Crippen LogP contribution in [0.1, 0.15) is 35.8 Å². The van der Waals surface area contributed by atoms with E-state index < -0.39 is 50.4 Å². The molecule has 0 spiro atoms. The predicted molar refractivity (Wildman–Crippen MR) is 120 cm³/mol. The van der Waals surface area contributed by atoms with Gasteiger partial charge in [-0.2, -0.15) is 0 Å². The van der Waals surface area contributed by atoms with Crippen LogP contribution < -0.4 is 14.5 Å². The first-order valence-electron chi connectivity index (χ1n) is 9.96. The van der Waals surface area contributed by atoms with Crippen molar-refractivity contribution >= 4 is 37.0 Å². The molecule has 2 aromatic carbocycles. The van der Waals surface area contributed by atoms with E-state index in [1.54, 1.807) is 16.7 Å². The summed E-state index contributed by atoms with van der Waals surface area (Å²) in [6.07, 6.45) is 1.26. The third kappa shape index (κ3) is 4.71. The molecule has 2 N–H and O–H groups in total. The molecule has 2 atom stereocenters. The van der Waals surface area contributed by atoms with Gasteiger partial charge in [-0.05, 0) is 0 Å². The Bertz CT molecular complexity index is 1230. The number of benzene rings is 2. The third-order valence-electron chi connectivity index (χ3n) is 5.38. The second kappa shape index (κ2) is 9.84. The number of carboxylic acids is 1. The van der Waals surface area contributed by atoms with Gasteiger partial charge in [0.25, 0.3) is 0 Å². The Kier molecular flexibility index (Phi) is 7.36. The maximum atomic E-state index is 14.1. The fourth-order valence-corrected chi connectivity index (χ4v) is 6.23. The molecule has 3 rings (SSSR count). The van der Waals surface area contributed by atoms with E-state index in [2.05, 4.69) is 0 Å². The van der Waals surface area contributed by atoms with E-state index in [4.69, 9.17) is 4.74 Å². The Balaban J connectivity index is 2.18. The van der Waals surface area contributed by atoms with Gasteiger partial charge < -0.3 is 0 Å². The number of fused-ring (bicyclic) bond motifs is 1. The van der Waals surface area contributed by atoms with E-state index >= 15 is 0 Å². The number of methoxy groups -OCH3 is 1. The van der Waals surface area contributed by atoms with Crippen LogP contribution in [-0.4, -0.2) is 50.2 Å². The summed E-state index contributed by atoms with van der Waals surface area (Å²) in [6.45, 7) is 3.54. The molecule has 6 nitrogen and oxygen atoms in total. The van der Waals surface area contributed by atoms with Crippen LogP contribution in [0, 0.1) is 17.6 Å². The number of aromatic nitrogens is 1. The summed E-state index contributed by atoms with van der Waals surface area (Å²) in [5, 5.41) is 20.0. The van der Waals surface area contributed by atoms with Crippen LogP contribution in [0.5, 0.6) is 5.75 Å². The van der Waals surface area contributed by atoms with Crippen molar-refractivity contribution in [3.05, 3.63) is 69.5 Å². The van der Waals surface area contributed by atoms with Gasteiger partial charge in [0.2, 0.25) is 0 Å². The van der Waals surface area contributed by atoms with Gasteiger partial charge in [-0.15, -0.1) is 0 Å². The number of pyridine rings is 1. The second-order valence-electron chi connectivity index (χ2n) is 7.74. The normalized spacial score (nSPS) is 12.7. The Morgan fingerprint density at radius 2 is 1.94 bits per heavy atom. The number of carbonyl (C=O) groups is 1. The number of carboxylic acid groups (broad SMARTS) is 1. The molecule has 1 unspecified atom stereocenters. The molecule has 170 valence electrons. The quantitative estimate of drug-likeness (QED) is 0.458. The molecular formula is C23H24AsF2NO5. The molecule has 0 aliphatic heterocycles. The Hall–Kier alpha value is -2.70. The fourth-order valence-electron chi connectivity index (χ4n) is 3.59. The number of aliphatic hydroxyl groups excluding tert-OH is 1. The molecule has 0 amide bonds. The number of halogens is 2. The molecule has 0 fully saturated rings. The number of hydrogen-bond donors (Lipinski definition) is 2. The van der Waals surface area contributed by atoms with Crippen molar-refractivity contribution in [1.29, 1.82) is 0 Å². The standard InChI is InChI=1S/C23H24AsF2NO5/c1-12(2)20(11-28)27-10-16(23(30)31)22(29)15-7-17(21(32-3)8-19(15)27)24-9-13-4-5-14(25)6-18(13)26/h4-8,10,12,20,24,28H,9,11H2,1-3H3,(H,30,31)/t20-/m1/s1. The SMILES string of the molecule is COc1cc2c(cc1[AsH]Cc1ccc(F)cc1F)c(=O)c(C(=O)O)cn2[C@H](CO)C(C)C. The van der Waals surface area contributed by atoms with Crippen LogP contribution in [0.4, 0.5) is 8.78 Å². The van der Waals surface area contributed by atoms with E-state index in [0.29, 0.717) is 26.4 Å². The van der Waals surface area contributed by atoms with Crippen molar-refractivity contribution in [3.8, 4) is 5.75 Å². The van der Waals surface area contributed by atoms with Gasteiger partial charge in [-0.3, -0.25) is 0 Å². The van der Waals surface area contributed by atoms with Gasteiger partial charge >= 0.3 is 190 Å². The summed E-state index contributed by atoms with van der Waals surface area (Å²) in [6, 6.07) is 6.24. The van der Waals surface area contributed by atoms with E-state index in [-0.39, 0.29) is 17.9 Å². The minimum atomic E-state index is -1.35. The average Bonchev–Trinajstić information content (AvgIpc) is 2.74. The van der Waals surface area contributed by atoms with Crippen molar-refractivity contribution in [1.82, 2.24) is 4.57 Å². The van der Waals surface area contributed by atoms with Crippen LogP contribution in [0.2, 0.25) is 0 Å². The Morgan fingerprint density at radius 1 is 1.22 bits per heavy atom. The van der Waals surface area contributed by atoms with Gasteiger partial charge in [0.1, 0.15) is 0 Å². The van der Waals surface area contributed by atoms with Crippen molar-refractivity contribution in [2.75, 3.05) is 13.7 Å². The molecule has 0 bridgehead atoms. The number of ether oxygens (including phenoxy) is 1. The van der Waals surface area contributed by atoms with Gasteiger partial charge in [-0.25, -0.2) is 0 Å². The summed E-state index contributed by atoms with van der Waals surface area (Å²) in [5.74, 6) is -2.18. The zero-order valence-electron chi connectivity index (χ0n) is 17.9. The third-order valence-corrected chi connectivity index (χ3v) is 8.17. The maximum absolute atomic E-state index is 14.1. The van der Waals surface area contributed by atoms with Gasteiger partial charge in [0, 0.05) is 0 Å². The average molecular weight is 507 g/mol. The van der Waals surface area contributed by atoms with Crippen LogP contribution >= 0.6 is 0 Å². The summed E-state index contributed by atoms with van der Waals surface area (Å²) in [7, 11) is 1.48. The molecule has 0 aliphatic rings. The Morgan fingerprint density at radius 3 is 2.50 bits per heavy atom. The molecule has 32 heavy (non-hydrogen) atoms. The van der Waals surface area contributed by atoms with E-state index in [9.17, 15) is 28.6 Å². The summed E-state index contributed by atoms with van der Waals surface area (Å²) in [4.78, 5) is 24.7. The topological polar surface area (TPSA) is 88.8 Å². The zero-order valence-corrected chi connectivity index (χ0v) is 20.0. The molecule has 0 radical (unpaired) electrons. The molecule has 1 heterocycles. The van der Waals surface area contributed by atoms with Gasteiger partial charge in [0.15, 0.2) is 0 Å². The van der Waals surface area contributed by atoms with Crippen LogP contribution in [0.15, 0.2) is 41.3 Å². The summed E-state index contributed by atoms with van der Waals surface area (Å²) >= 11 is -1.06. The first kappa shape index (κ1) is 24.0. The fraction of sp³-hybridized carbons (Fsp3) is 0.304. The second-order valence-corrected chi connectivity index (χ2v) is 10.4. The molecular weight excluding hydrogens is 483 g/mol. The van der Waals surface area contributed by atoms with Crippen LogP contribution in [-0.2, 0) is 5.21 Å². The Labute approximate surface area is 190 Å². The van der Waals surface area contributed by atoms with E-state index in [1.165, 1.54) is 25.4 Å². The van der Waals surface area contributed by atoms with Crippen LogP contribution in [0.25, 0.3) is 10.9 Å². The number of hydrogen-bond acceptors (Lipinski definition) is 4. The number of rotatable bonds is 8. The number of nitrogens with zero attached hydrogens (tertiary/aromatic N) is 1. The summed E-state index contributed by atoms with van der Waals surface area (Å²) < 4.78 is 35.1. The molecule has 3 aromatic rings. The zero-order chi connectivity index (χ0) is 23.6. The van der Waals surface area contributed by atoms with Crippen molar-refractivity contribution in [2.45, 2.75) is 25.1 Å². The molecule has 0 aliphatic carbocycles. The van der Waals surface area contributed by atoms with Gasteiger partial charge in [0.05, 0.1) is 0 Å². The first-order valence-corrected chi connectivity index (χ1v) is 12.5. The minimum absolute atomic E-state index is 0.0343. The monoisotopic (exact) mass is 507 g/mol. The van der Waals surface area contributed by atoms with Crippen molar-refractivity contribution < 1.29 is 28.5 Å². The number of aromatic carboxylic acids is 1. The van der Waals surface area contributed by atoms with Crippen molar-refractivity contribution in [3.63, 3.8) is 0 Å². The molecule has 0 saturated heterocycles. The predicted octanol–water partition coefficient (Wildman–Crippen LogP) is 2.44. The molecule has 9 heteroatoms. The van der Waals surface area contributed by atoms with E-state index in [1.807, 2.05) is 13.8 Å². The van der Waals surface area contributed by atoms with E-state index in [0.717, 1.165) is 6.07 Å². The number of aliphatic hydroxyl groups is 1. The van der Waals surface area contributed by atoms with Crippen LogP contribution in [0.3, 0.4) is 0 Å². The van der Waals surface area contributed by atoms with Gasteiger partial charge in [-0.1, -0.05) is 0 Å². The summed E-state index contributed by atoms with van der Waals surface area (Å²) in [5.41, 5.74) is -0.205. The molecule has 0 saturated carbocycles.